The van der Waals surface area contributed by atoms with Crippen LogP contribution in [0.2, 0.25) is 0 Å². The second-order valence-corrected chi connectivity index (χ2v) is 6.06. The number of aliphatic hydroxyl groups is 1. The predicted octanol–water partition coefficient (Wildman–Crippen LogP) is 3.01. The van der Waals surface area contributed by atoms with Crippen molar-refractivity contribution in [3.05, 3.63) is 23.3 Å². The minimum absolute atomic E-state index is 0.198. The third kappa shape index (κ3) is 3.16. The van der Waals surface area contributed by atoms with Crippen LogP contribution in [-0.2, 0) is 11.2 Å². The second kappa shape index (κ2) is 6.24. The van der Waals surface area contributed by atoms with Crippen molar-refractivity contribution in [2.75, 3.05) is 13.7 Å². The predicted molar refractivity (Wildman–Crippen MR) is 80.0 cm³/mol. The summed E-state index contributed by atoms with van der Waals surface area (Å²) in [5, 5.41) is 10.5. The third-order valence-corrected chi connectivity index (χ3v) is 4.39. The topological polar surface area (TPSA) is 47.9 Å². The first kappa shape index (κ1) is 14.7. The monoisotopic (exact) mass is 292 g/mol. The van der Waals surface area contributed by atoms with Crippen molar-refractivity contribution >= 4 is 0 Å². The number of benzene rings is 1. The molecule has 2 aliphatic heterocycles. The van der Waals surface area contributed by atoms with Crippen LogP contribution in [0.4, 0.5) is 0 Å². The lowest BCUT2D eigenvalue weighted by Crippen LogP contribution is -2.09. The Labute approximate surface area is 126 Å². The van der Waals surface area contributed by atoms with E-state index in [4.69, 9.17) is 14.2 Å². The van der Waals surface area contributed by atoms with E-state index in [-0.39, 0.29) is 6.10 Å². The van der Waals surface area contributed by atoms with Crippen LogP contribution in [0.25, 0.3) is 0 Å². The van der Waals surface area contributed by atoms with Crippen molar-refractivity contribution < 1.29 is 19.3 Å². The molecule has 0 saturated carbocycles. The molecule has 116 valence electrons. The number of aliphatic hydroxyl groups excluding tert-OH is 1. The lowest BCUT2D eigenvalue weighted by Gasteiger charge is -2.18. The van der Waals surface area contributed by atoms with Crippen molar-refractivity contribution in [1.29, 1.82) is 0 Å². The Hall–Kier alpha value is -1.26. The van der Waals surface area contributed by atoms with E-state index in [1.54, 1.807) is 7.11 Å². The summed E-state index contributed by atoms with van der Waals surface area (Å²) in [6.45, 7) is 2.91. The number of fused-ring (bicyclic) bond motifs is 1. The van der Waals surface area contributed by atoms with Gasteiger partial charge in [-0.3, -0.25) is 0 Å². The highest BCUT2D eigenvalue weighted by Gasteiger charge is 2.25. The Bertz CT molecular complexity index is 494. The van der Waals surface area contributed by atoms with Gasteiger partial charge in [0.25, 0.3) is 0 Å². The molecule has 4 heteroatoms. The molecule has 0 spiro atoms. The van der Waals surface area contributed by atoms with Gasteiger partial charge >= 0.3 is 0 Å². The Kier molecular flexibility index (Phi) is 4.36. The molecule has 21 heavy (non-hydrogen) atoms. The summed E-state index contributed by atoms with van der Waals surface area (Å²) in [5.74, 6) is 1.64. The van der Waals surface area contributed by atoms with Crippen LogP contribution in [-0.4, -0.2) is 31.0 Å². The second-order valence-electron chi connectivity index (χ2n) is 6.06. The molecule has 2 aliphatic rings. The summed E-state index contributed by atoms with van der Waals surface area (Å²) in [7, 11) is 1.65. The smallest absolute Gasteiger partial charge is 0.125 e. The number of rotatable bonds is 5. The molecule has 0 radical (unpaired) electrons. The Morgan fingerprint density at radius 1 is 1.43 bits per heavy atom. The van der Waals surface area contributed by atoms with Gasteiger partial charge in [0.15, 0.2) is 0 Å². The van der Waals surface area contributed by atoms with E-state index in [9.17, 15) is 5.11 Å². The van der Waals surface area contributed by atoms with Crippen molar-refractivity contribution in [2.24, 2.45) is 0 Å². The van der Waals surface area contributed by atoms with Crippen LogP contribution in [0.5, 0.6) is 11.5 Å². The van der Waals surface area contributed by atoms with E-state index in [1.165, 1.54) is 0 Å². The van der Waals surface area contributed by atoms with Crippen LogP contribution in [0.1, 0.15) is 49.8 Å². The molecule has 0 aliphatic carbocycles. The van der Waals surface area contributed by atoms with Crippen molar-refractivity contribution in [3.8, 4) is 11.5 Å². The van der Waals surface area contributed by atoms with E-state index < -0.39 is 6.10 Å². The average molecular weight is 292 g/mol. The van der Waals surface area contributed by atoms with Crippen LogP contribution in [0, 0.1) is 0 Å². The van der Waals surface area contributed by atoms with Gasteiger partial charge in [-0.05, 0) is 44.7 Å². The quantitative estimate of drug-likeness (QED) is 0.906. The fraction of sp³-hybridized carbons (Fsp3) is 0.647. The van der Waals surface area contributed by atoms with Crippen LogP contribution in [0.15, 0.2) is 12.1 Å². The van der Waals surface area contributed by atoms with Gasteiger partial charge < -0.3 is 19.3 Å². The van der Waals surface area contributed by atoms with Gasteiger partial charge in [-0.25, -0.2) is 0 Å². The number of ether oxygens (including phenoxy) is 3. The molecule has 1 aromatic rings. The SMILES string of the molecule is COc1cc2c(cc1C(O)CCC1CCCO1)OC(C)C2. The minimum atomic E-state index is -0.533. The fourth-order valence-electron chi connectivity index (χ4n) is 3.26. The third-order valence-electron chi connectivity index (χ3n) is 4.39. The summed E-state index contributed by atoms with van der Waals surface area (Å²) < 4.78 is 16.9. The first-order chi connectivity index (χ1) is 10.2. The Balaban J connectivity index is 1.72. The lowest BCUT2D eigenvalue weighted by molar-refractivity contribution is 0.0805. The maximum absolute atomic E-state index is 10.5. The number of methoxy groups -OCH3 is 1. The molecular formula is C17H24O4. The molecular weight excluding hydrogens is 268 g/mol. The normalized spacial score (nSPS) is 25.5. The molecule has 3 unspecified atom stereocenters. The zero-order valence-electron chi connectivity index (χ0n) is 12.8. The molecule has 2 heterocycles. The van der Waals surface area contributed by atoms with E-state index in [0.29, 0.717) is 12.5 Å². The zero-order valence-corrected chi connectivity index (χ0v) is 12.8. The van der Waals surface area contributed by atoms with E-state index in [1.807, 2.05) is 12.1 Å². The minimum Gasteiger partial charge on any atom is -0.496 e. The zero-order chi connectivity index (χ0) is 14.8. The van der Waals surface area contributed by atoms with Gasteiger partial charge in [0.2, 0.25) is 0 Å². The van der Waals surface area contributed by atoms with Gasteiger partial charge in [-0.1, -0.05) is 0 Å². The van der Waals surface area contributed by atoms with Crippen molar-refractivity contribution in [3.63, 3.8) is 0 Å². The van der Waals surface area contributed by atoms with Gasteiger partial charge in [0.05, 0.1) is 19.3 Å². The lowest BCUT2D eigenvalue weighted by atomic mass is 9.98. The summed E-state index contributed by atoms with van der Waals surface area (Å²) in [6, 6.07) is 3.95. The molecule has 0 aromatic heterocycles. The van der Waals surface area contributed by atoms with Crippen LogP contribution < -0.4 is 9.47 Å². The largest absolute Gasteiger partial charge is 0.496 e. The van der Waals surface area contributed by atoms with Crippen molar-refractivity contribution in [1.82, 2.24) is 0 Å². The first-order valence-electron chi connectivity index (χ1n) is 7.84. The highest BCUT2D eigenvalue weighted by Crippen LogP contribution is 2.39. The van der Waals surface area contributed by atoms with Gasteiger partial charge in [0.1, 0.15) is 17.6 Å². The maximum atomic E-state index is 10.5. The van der Waals surface area contributed by atoms with E-state index in [2.05, 4.69) is 6.92 Å². The maximum Gasteiger partial charge on any atom is 0.125 e. The van der Waals surface area contributed by atoms with Crippen LogP contribution >= 0.6 is 0 Å². The van der Waals surface area contributed by atoms with Gasteiger partial charge in [0, 0.05) is 24.2 Å². The first-order valence-corrected chi connectivity index (χ1v) is 7.84. The average Bonchev–Trinajstić information content (AvgIpc) is 3.10. The molecule has 3 atom stereocenters. The van der Waals surface area contributed by atoms with Crippen molar-refractivity contribution in [2.45, 2.75) is 57.3 Å². The van der Waals surface area contributed by atoms with E-state index >= 15 is 0 Å². The summed E-state index contributed by atoms with van der Waals surface area (Å²) >= 11 is 0. The Morgan fingerprint density at radius 3 is 3.00 bits per heavy atom. The summed E-state index contributed by atoms with van der Waals surface area (Å²) in [4.78, 5) is 0. The Morgan fingerprint density at radius 2 is 2.29 bits per heavy atom. The molecule has 3 rings (SSSR count). The molecule has 0 bridgehead atoms. The van der Waals surface area contributed by atoms with Crippen LogP contribution in [0.3, 0.4) is 0 Å². The standard InChI is InChI=1S/C17H24O4/c1-11-8-12-9-17(19-2)14(10-16(12)21-11)15(18)6-5-13-4-3-7-20-13/h9-11,13,15,18H,3-8H2,1-2H3. The fourth-order valence-corrected chi connectivity index (χ4v) is 3.26. The number of hydrogen-bond acceptors (Lipinski definition) is 4. The highest BCUT2D eigenvalue weighted by atomic mass is 16.5. The molecule has 1 aromatic carbocycles. The molecule has 0 amide bonds. The van der Waals surface area contributed by atoms with Gasteiger partial charge in [-0.2, -0.15) is 0 Å². The molecule has 4 nitrogen and oxygen atoms in total. The molecule has 1 N–H and O–H groups in total. The molecule has 1 saturated heterocycles. The highest BCUT2D eigenvalue weighted by molar-refractivity contribution is 5.49. The summed E-state index contributed by atoms with van der Waals surface area (Å²) in [5.41, 5.74) is 1.98. The van der Waals surface area contributed by atoms with E-state index in [0.717, 1.165) is 54.9 Å². The van der Waals surface area contributed by atoms with Gasteiger partial charge in [-0.15, -0.1) is 0 Å². The summed E-state index contributed by atoms with van der Waals surface area (Å²) in [6.07, 6.45) is 4.68. The molecule has 1 fully saturated rings. The number of hydrogen-bond donors (Lipinski definition) is 1.